The van der Waals surface area contributed by atoms with E-state index in [1.807, 2.05) is 67.6 Å². The first-order chi connectivity index (χ1) is 20.5. The number of ether oxygens (including phenoxy) is 2. The van der Waals surface area contributed by atoms with Crippen LogP contribution in [0.2, 0.25) is 0 Å². The standard InChI is InChI=1S/C34H26Br2N2O4/c1-2-41-27-16-20(15-26(36)32(27)42-18-19-11-13-21(35)14-12-19)17-37-38-33(39)30-28-22-7-3-4-8-23(22)29(31(30)34(38)40)25-10-6-5-9-24(25)28/h3-17,28-31H,2,18H2,1H3/b37-17-/t28?,29?,30-,31+. The summed E-state index contributed by atoms with van der Waals surface area (Å²) in [6.45, 7) is 2.71. The maximum Gasteiger partial charge on any atom is 0.254 e. The van der Waals surface area contributed by atoms with Crippen molar-refractivity contribution in [1.29, 1.82) is 0 Å². The molecule has 0 saturated carbocycles. The molecule has 0 radical (unpaired) electrons. The fourth-order valence-corrected chi connectivity index (χ4v) is 7.54. The van der Waals surface area contributed by atoms with Crippen LogP contribution < -0.4 is 9.47 Å². The number of hydrogen-bond acceptors (Lipinski definition) is 5. The number of halogens is 2. The van der Waals surface area contributed by atoms with Gasteiger partial charge in [0.1, 0.15) is 6.61 Å². The highest BCUT2D eigenvalue weighted by molar-refractivity contribution is 9.10. The smallest absolute Gasteiger partial charge is 0.254 e. The number of imide groups is 1. The Bertz CT molecular complexity index is 1640. The molecular formula is C34H26Br2N2O4. The maximum absolute atomic E-state index is 13.8. The predicted octanol–water partition coefficient (Wildman–Crippen LogP) is 7.42. The molecule has 1 saturated heterocycles. The van der Waals surface area contributed by atoms with Gasteiger partial charge in [0.05, 0.1) is 29.1 Å². The van der Waals surface area contributed by atoms with Crippen molar-refractivity contribution in [2.75, 3.05) is 6.61 Å². The Morgan fingerprint density at radius 2 is 1.33 bits per heavy atom. The molecule has 1 fully saturated rings. The Hall–Kier alpha value is -3.75. The fraction of sp³-hybridized carbons (Fsp3) is 0.206. The summed E-state index contributed by atoms with van der Waals surface area (Å²) in [5, 5.41) is 5.55. The van der Waals surface area contributed by atoms with Gasteiger partial charge in [-0.25, -0.2) is 0 Å². The summed E-state index contributed by atoms with van der Waals surface area (Å²) in [6, 6.07) is 28.0. The van der Waals surface area contributed by atoms with Crippen LogP contribution in [0.4, 0.5) is 0 Å². The van der Waals surface area contributed by atoms with E-state index in [0.29, 0.717) is 34.7 Å². The average Bonchev–Trinajstić information content (AvgIpc) is 3.26. The molecule has 2 atom stereocenters. The second-order valence-corrected chi connectivity index (χ2v) is 12.4. The number of rotatable bonds is 7. The Morgan fingerprint density at radius 3 is 1.86 bits per heavy atom. The number of hydrazone groups is 1. The van der Waals surface area contributed by atoms with E-state index in [0.717, 1.165) is 37.3 Å². The van der Waals surface area contributed by atoms with Gasteiger partial charge in [-0.15, -0.1) is 0 Å². The van der Waals surface area contributed by atoms with Gasteiger partial charge in [0.25, 0.3) is 11.8 Å². The van der Waals surface area contributed by atoms with Crippen LogP contribution in [0.15, 0.2) is 99.0 Å². The molecule has 6 nitrogen and oxygen atoms in total. The van der Waals surface area contributed by atoms with Crippen LogP contribution >= 0.6 is 31.9 Å². The highest BCUT2D eigenvalue weighted by atomic mass is 79.9. The molecule has 8 rings (SSSR count). The molecule has 1 aliphatic heterocycles. The molecule has 2 amide bonds. The van der Waals surface area contributed by atoms with Crippen molar-refractivity contribution in [3.8, 4) is 11.5 Å². The van der Waals surface area contributed by atoms with Gasteiger partial charge in [0, 0.05) is 16.3 Å². The Morgan fingerprint density at radius 1 is 0.786 bits per heavy atom. The molecule has 2 bridgehead atoms. The zero-order valence-electron chi connectivity index (χ0n) is 22.7. The third-order valence-corrected chi connectivity index (χ3v) is 9.49. The van der Waals surface area contributed by atoms with E-state index < -0.39 is 11.8 Å². The summed E-state index contributed by atoms with van der Waals surface area (Å²) in [4.78, 5) is 27.7. The summed E-state index contributed by atoms with van der Waals surface area (Å²) in [5.41, 5.74) is 6.24. The van der Waals surface area contributed by atoms with Gasteiger partial charge in [0.15, 0.2) is 11.5 Å². The van der Waals surface area contributed by atoms with Gasteiger partial charge in [-0.2, -0.15) is 10.1 Å². The molecule has 0 N–H and O–H groups in total. The normalized spacial score (nSPS) is 21.8. The van der Waals surface area contributed by atoms with Crippen LogP contribution in [0.5, 0.6) is 11.5 Å². The van der Waals surface area contributed by atoms with Crippen molar-refractivity contribution < 1.29 is 19.1 Å². The summed E-state index contributed by atoms with van der Waals surface area (Å²) >= 11 is 7.07. The summed E-state index contributed by atoms with van der Waals surface area (Å²) < 4.78 is 13.7. The molecule has 4 aromatic carbocycles. The van der Waals surface area contributed by atoms with E-state index in [2.05, 4.69) is 61.2 Å². The molecular weight excluding hydrogens is 660 g/mol. The van der Waals surface area contributed by atoms with Crippen LogP contribution in [-0.4, -0.2) is 29.6 Å². The molecule has 0 spiro atoms. The minimum absolute atomic E-state index is 0.162. The molecule has 0 aromatic heterocycles. The van der Waals surface area contributed by atoms with Crippen LogP contribution in [0.1, 0.15) is 52.1 Å². The molecule has 8 heteroatoms. The lowest BCUT2D eigenvalue weighted by Crippen LogP contribution is -2.41. The molecule has 4 aliphatic rings. The van der Waals surface area contributed by atoms with Crippen LogP contribution in [-0.2, 0) is 16.2 Å². The maximum atomic E-state index is 13.8. The lowest BCUT2D eigenvalue weighted by molar-refractivity contribution is -0.139. The van der Waals surface area contributed by atoms with Gasteiger partial charge < -0.3 is 9.47 Å². The SMILES string of the molecule is CCOc1cc(/C=N\N2C(=O)[C@@H]3C4c5ccccc5C(c5ccccc54)[C@@H]3C2=O)cc(Br)c1OCc1ccc(Br)cc1. The third-order valence-electron chi connectivity index (χ3n) is 8.38. The number of amides is 2. The van der Waals surface area contributed by atoms with Gasteiger partial charge in [-0.3, -0.25) is 9.59 Å². The summed E-state index contributed by atoms with van der Waals surface area (Å²) in [7, 11) is 0. The lowest BCUT2D eigenvalue weighted by Gasteiger charge is -2.45. The van der Waals surface area contributed by atoms with Crippen molar-refractivity contribution in [3.05, 3.63) is 127 Å². The number of nitrogens with zero attached hydrogens (tertiary/aromatic N) is 2. The zero-order valence-corrected chi connectivity index (χ0v) is 25.8. The first-order valence-corrected chi connectivity index (χ1v) is 15.5. The van der Waals surface area contributed by atoms with E-state index in [4.69, 9.17) is 9.47 Å². The van der Waals surface area contributed by atoms with Gasteiger partial charge >= 0.3 is 0 Å². The largest absolute Gasteiger partial charge is 0.490 e. The Kier molecular flexibility index (Phi) is 6.98. The highest BCUT2D eigenvalue weighted by Crippen LogP contribution is 2.61. The van der Waals surface area contributed by atoms with Crippen molar-refractivity contribution >= 4 is 49.9 Å². The quantitative estimate of drug-likeness (QED) is 0.150. The average molecular weight is 686 g/mol. The number of hydrogen-bond donors (Lipinski definition) is 0. The van der Waals surface area contributed by atoms with Crippen LogP contribution in [0.3, 0.4) is 0 Å². The van der Waals surface area contributed by atoms with Gasteiger partial charge in [-0.05, 0) is 80.5 Å². The predicted molar refractivity (Wildman–Crippen MR) is 167 cm³/mol. The Labute approximate surface area is 260 Å². The van der Waals surface area contributed by atoms with E-state index in [9.17, 15) is 9.59 Å². The molecule has 1 heterocycles. The number of carbonyl (C=O) groups excluding carboxylic acids is 2. The lowest BCUT2D eigenvalue weighted by atomic mass is 9.55. The van der Waals surface area contributed by atoms with Crippen LogP contribution in [0, 0.1) is 11.8 Å². The molecule has 3 aliphatic carbocycles. The molecule has 4 aromatic rings. The molecule has 42 heavy (non-hydrogen) atoms. The first-order valence-electron chi connectivity index (χ1n) is 13.9. The number of benzene rings is 4. The second kappa shape index (κ2) is 10.8. The first kappa shape index (κ1) is 27.1. The summed E-state index contributed by atoms with van der Waals surface area (Å²) in [6.07, 6.45) is 1.54. The van der Waals surface area contributed by atoms with E-state index >= 15 is 0 Å². The molecule has 0 unspecified atom stereocenters. The third kappa shape index (κ3) is 4.39. The number of carbonyl (C=O) groups is 2. The van der Waals surface area contributed by atoms with Gasteiger partial charge in [0.2, 0.25) is 0 Å². The van der Waals surface area contributed by atoms with Crippen molar-refractivity contribution in [1.82, 2.24) is 5.01 Å². The van der Waals surface area contributed by atoms with E-state index in [1.165, 1.54) is 0 Å². The second-order valence-electron chi connectivity index (χ2n) is 10.7. The highest BCUT2D eigenvalue weighted by Gasteiger charge is 2.61. The van der Waals surface area contributed by atoms with E-state index in [-0.39, 0.29) is 23.7 Å². The zero-order chi connectivity index (χ0) is 29.0. The van der Waals surface area contributed by atoms with Gasteiger partial charge in [-0.1, -0.05) is 76.6 Å². The van der Waals surface area contributed by atoms with E-state index in [1.54, 1.807) is 6.21 Å². The van der Waals surface area contributed by atoms with Crippen LogP contribution in [0.25, 0.3) is 0 Å². The monoisotopic (exact) mass is 684 g/mol. The minimum atomic E-state index is -0.468. The summed E-state index contributed by atoms with van der Waals surface area (Å²) in [5.74, 6) is -0.646. The van der Waals surface area contributed by atoms with Crippen molar-refractivity contribution in [3.63, 3.8) is 0 Å². The minimum Gasteiger partial charge on any atom is -0.490 e. The van der Waals surface area contributed by atoms with Crippen molar-refractivity contribution in [2.24, 2.45) is 16.9 Å². The Balaban J connectivity index is 1.18. The topological polar surface area (TPSA) is 68.2 Å². The van der Waals surface area contributed by atoms with Crippen molar-refractivity contribution in [2.45, 2.75) is 25.4 Å². The fourth-order valence-electron chi connectivity index (χ4n) is 6.70. The molecule has 210 valence electrons.